The first kappa shape index (κ1) is 12.0. The van der Waals surface area contributed by atoms with E-state index in [-0.39, 0.29) is 0 Å². The fourth-order valence-electron chi connectivity index (χ4n) is 1.65. The van der Waals surface area contributed by atoms with Gasteiger partial charge in [0.2, 0.25) is 5.95 Å². The Morgan fingerprint density at radius 2 is 2.18 bits per heavy atom. The van der Waals surface area contributed by atoms with Crippen LogP contribution < -0.4 is 0 Å². The highest BCUT2D eigenvalue weighted by Gasteiger charge is 2.08. The van der Waals surface area contributed by atoms with Crippen molar-refractivity contribution in [1.29, 1.82) is 0 Å². The predicted octanol–water partition coefficient (Wildman–Crippen LogP) is 2.66. The van der Waals surface area contributed by atoms with Crippen LogP contribution in [0.5, 0.6) is 0 Å². The van der Waals surface area contributed by atoms with Gasteiger partial charge < -0.3 is 0 Å². The maximum Gasteiger partial charge on any atom is 0.235 e. The summed E-state index contributed by atoms with van der Waals surface area (Å²) in [6, 6.07) is 0. The summed E-state index contributed by atoms with van der Waals surface area (Å²) in [5.41, 5.74) is 1.88. The van der Waals surface area contributed by atoms with Crippen LogP contribution in [0.25, 0.3) is 5.95 Å². The maximum atomic E-state index is 5.79. The fraction of sp³-hybridized carbons (Fsp3) is 0.417. The van der Waals surface area contributed by atoms with Crippen LogP contribution in [0.15, 0.2) is 18.6 Å². The van der Waals surface area contributed by atoms with Crippen molar-refractivity contribution >= 4 is 11.6 Å². The van der Waals surface area contributed by atoms with Crippen molar-refractivity contribution in [3.05, 3.63) is 35.7 Å². The zero-order valence-corrected chi connectivity index (χ0v) is 10.8. The van der Waals surface area contributed by atoms with Crippen LogP contribution in [-0.4, -0.2) is 19.5 Å². The third-order valence-electron chi connectivity index (χ3n) is 2.62. The van der Waals surface area contributed by atoms with E-state index in [2.05, 4.69) is 21.9 Å². The van der Waals surface area contributed by atoms with Crippen LogP contribution in [0.2, 0.25) is 0 Å². The van der Waals surface area contributed by atoms with Crippen LogP contribution >= 0.6 is 11.6 Å². The minimum atomic E-state index is 0.442. The van der Waals surface area contributed by atoms with Gasteiger partial charge in [0, 0.05) is 36.3 Å². The molecule has 0 atom stereocenters. The number of nitrogens with zero attached hydrogens (tertiary/aromatic N) is 4. The van der Waals surface area contributed by atoms with E-state index in [1.807, 2.05) is 17.7 Å². The number of alkyl halides is 1. The molecule has 5 heteroatoms. The molecule has 0 aliphatic heterocycles. The molecule has 0 aliphatic rings. The summed E-state index contributed by atoms with van der Waals surface area (Å²) in [7, 11) is 0. The Morgan fingerprint density at radius 1 is 1.35 bits per heavy atom. The Balaban J connectivity index is 2.39. The van der Waals surface area contributed by atoms with Crippen LogP contribution in [0, 0.1) is 6.92 Å². The number of hydrogen-bond acceptors (Lipinski definition) is 3. The third kappa shape index (κ3) is 2.47. The second-order valence-electron chi connectivity index (χ2n) is 3.88. The molecule has 0 bridgehead atoms. The first-order chi connectivity index (χ1) is 8.26. The number of halogens is 1. The van der Waals surface area contributed by atoms with E-state index in [1.54, 1.807) is 12.4 Å². The molecule has 0 saturated heterocycles. The molecule has 0 saturated carbocycles. The lowest BCUT2D eigenvalue weighted by Crippen LogP contribution is -2.07. The van der Waals surface area contributed by atoms with Crippen LogP contribution in [-0.2, 0) is 12.3 Å². The Hall–Kier alpha value is -1.42. The summed E-state index contributed by atoms with van der Waals surface area (Å²) in [5.74, 6) is 2.10. The average molecular weight is 251 g/mol. The van der Waals surface area contributed by atoms with Gasteiger partial charge in [-0.15, -0.1) is 11.6 Å². The summed E-state index contributed by atoms with van der Waals surface area (Å²) in [5, 5.41) is 0. The SMILES string of the molecule is CCCc1nccn1-c1ncc(CCl)c(C)n1. The number of aromatic nitrogens is 4. The fourth-order valence-corrected chi connectivity index (χ4v) is 1.91. The second kappa shape index (κ2) is 5.27. The van der Waals surface area contributed by atoms with Crippen LogP contribution in [0.4, 0.5) is 0 Å². The third-order valence-corrected chi connectivity index (χ3v) is 2.91. The Kier molecular flexibility index (Phi) is 3.74. The Bertz CT molecular complexity index is 507. The normalized spacial score (nSPS) is 10.8. The molecule has 0 radical (unpaired) electrons. The lowest BCUT2D eigenvalue weighted by atomic mass is 10.3. The highest BCUT2D eigenvalue weighted by atomic mass is 35.5. The molecule has 2 aromatic heterocycles. The molecule has 0 aliphatic carbocycles. The lowest BCUT2D eigenvalue weighted by Gasteiger charge is -2.07. The van der Waals surface area contributed by atoms with Crippen molar-refractivity contribution in [2.75, 3.05) is 0 Å². The molecule has 0 fully saturated rings. The monoisotopic (exact) mass is 250 g/mol. The molecule has 4 nitrogen and oxygen atoms in total. The van der Waals surface area contributed by atoms with Gasteiger partial charge in [-0.05, 0) is 13.3 Å². The molecule has 0 spiro atoms. The zero-order chi connectivity index (χ0) is 12.3. The van der Waals surface area contributed by atoms with Crippen LogP contribution in [0.3, 0.4) is 0 Å². The summed E-state index contributed by atoms with van der Waals surface area (Å²) >= 11 is 5.79. The number of aryl methyl sites for hydroxylation is 2. The van der Waals surface area contributed by atoms with E-state index in [4.69, 9.17) is 11.6 Å². The van der Waals surface area contributed by atoms with Crippen molar-refractivity contribution in [2.45, 2.75) is 32.6 Å². The molecule has 0 unspecified atom stereocenters. The largest absolute Gasteiger partial charge is 0.272 e. The van der Waals surface area contributed by atoms with E-state index >= 15 is 0 Å². The smallest absolute Gasteiger partial charge is 0.235 e. The van der Waals surface area contributed by atoms with E-state index in [1.165, 1.54) is 0 Å². The Labute approximate surface area is 106 Å². The molecule has 0 amide bonds. The van der Waals surface area contributed by atoms with Gasteiger partial charge in [-0.2, -0.15) is 0 Å². The number of imidazole rings is 1. The molecular weight excluding hydrogens is 236 g/mol. The summed E-state index contributed by atoms with van der Waals surface area (Å²) in [6.45, 7) is 4.07. The predicted molar refractivity (Wildman–Crippen MR) is 67.4 cm³/mol. The van der Waals surface area contributed by atoms with Gasteiger partial charge in [0.15, 0.2) is 0 Å². The van der Waals surface area contributed by atoms with Gasteiger partial charge in [-0.1, -0.05) is 6.92 Å². The summed E-state index contributed by atoms with van der Waals surface area (Å²) < 4.78 is 1.93. The van der Waals surface area contributed by atoms with E-state index in [0.717, 1.165) is 29.9 Å². The van der Waals surface area contributed by atoms with Gasteiger partial charge in [-0.3, -0.25) is 4.57 Å². The van der Waals surface area contributed by atoms with E-state index in [9.17, 15) is 0 Å². The molecule has 2 rings (SSSR count). The van der Waals surface area contributed by atoms with Gasteiger partial charge in [-0.25, -0.2) is 15.0 Å². The van der Waals surface area contributed by atoms with E-state index in [0.29, 0.717) is 11.8 Å². The molecule has 2 aromatic rings. The first-order valence-electron chi connectivity index (χ1n) is 5.67. The molecule has 17 heavy (non-hydrogen) atoms. The molecular formula is C12H15ClN4. The van der Waals surface area contributed by atoms with Crippen molar-refractivity contribution in [3.8, 4) is 5.95 Å². The number of rotatable bonds is 4. The van der Waals surface area contributed by atoms with Gasteiger partial charge >= 0.3 is 0 Å². The minimum Gasteiger partial charge on any atom is -0.272 e. The standard InChI is InChI=1S/C12H15ClN4/c1-3-4-11-14-5-6-17(11)12-15-8-10(7-13)9(2)16-12/h5-6,8H,3-4,7H2,1-2H3. The molecule has 0 aromatic carbocycles. The first-order valence-corrected chi connectivity index (χ1v) is 6.20. The van der Waals surface area contributed by atoms with Gasteiger partial charge in [0.1, 0.15) is 5.82 Å². The zero-order valence-electron chi connectivity index (χ0n) is 10.0. The quantitative estimate of drug-likeness (QED) is 0.784. The van der Waals surface area contributed by atoms with E-state index < -0.39 is 0 Å². The van der Waals surface area contributed by atoms with Crippen molar-refractivity contribution in [2.24, 2.45) is 0 Å². The lowest BCUT2D eigenvalue weighted by molar-refractivity contribution is 0.777. The number of hydrogen-bond donors (Lipinski definition) is 0. The maximum absolute atomic E-state index is 5.79. The molecule has 90 valence electrons. The highest BCUT2D eigenvalue weighted by Crippen LogP contribution is 2.12. The van der Waals surface area contributed by atoms with Gasteiger partial charge in [0.05, 0.1) is 5.88 Å². The topological polar surface area (TPSA) is 43.6 Å². The van der Waals surface area contributed by atoms with Crippen molar-refractivity contribution in [3.63, 3.8) is 0 Å². The van der Waals surface area contributed by atoms with Crippen LogP contribution in [0.1, 0.15) is 30.4 Å². The average Bonchev–Trinajstić information content (AvgIpc) is 2.78. The van der Waals surface area contributed by atoms with Crippen molar-refractivity contribution < 1.29 is 0 Å². The minimum absolute atomic E-state index is 0.442. The Morgan fingerprint density at radius 3 is 2.82 bits per heavy atom. The molecule has 2 heterocycles. The summed E-state index contributed by atoms with van der Waals surface area (Å²) in [6.07, 6.45) is 7.42. The second-order valence-corrected chi connectivity index (χ2v) is 4.15. The summed E-state index contributed by atoms with van der Waals surface area (Å²) in [4.78, 5) is 13.1. The van der Waals surface area contributed by atoms with Crippen molar-refractivity contribution in [1.82, 2.24) is 19.5 Å². The van der Waals surface area contributed by atoms with Gasteiger partial charge in [0.25, 0.3) is 0 Å². The highest BCUT2D eigenvalue weighted by molar-refractivity contribution is 6.17. The molecule has 0 N–H and O–H groups in total.